The van der Waals surface area contributed by atoms with E-state index in [1.807, 2.05) is 6.07 Å². The molecule has 1 heterocycles. The Morgan fingerprint density at radius 2 is 1.95 bits per heavy atom. The highest BCUT2D eigenvalue weighted by molar-refractivity contribution is 7.16. The van der Waals surface area contributed by atoms with Gasteiger partial charge in [0.15, 0.2) is 0 Å². The van der Waals surface area contributed by atoms with Gasteiger partial charge in [-0.05, 0) is 37.4 Å². The van der Waals surface area contributed by atoms with E-state index < -0.39 is 0 Å². The number of rotatable bonds is 9. The summed E-state index contributed by atoms with van der Waals surface area (Å²) in [5.74, 6) is 0. The third-order valence-electron chi connectivity index (χ3n) is 4.05. The number of nitrogens with zero attached hydrogens (tertiary/aromatic N) is 1. The van der Waals surface area contributed by atoms with Crippen molar-refractivity contribution in [2.45, 2.75) is 53.1 Å². The van der Waals surface area contributed by atoms with Crippen LogP contribution in [0.25, 0.3) is 0 Å². The molecule has 0 bridgehead atoms. The molecule has 0 fully saturated rings. The molecule has 0 saturated heterocycles. The predicted molar refractivity (Wildman–Crippen MR) is 91.8 cm³/mol. The third kappa shape index (κ3) is 5.72. The van der Waals surface area contributed by atoms with E-state index in [0.29, 0.717) is 11.5 Å². The first-order valence-electron chi connectivity index (χ1n) is 7.57. The molecule has 0 aromatic carbocycles. The van der Waals surface area contributed by atoms with Gasteiger partial charge in [0.05, 0.1) is 4.34 Å². The maximum Gasteiger partial charge on any atom is 0.0931 e. The van der Waals surface area contributed by atoms with E-state index in [2.05, 4.69) is 51.0 Å². The fourth-order valence-corrected chi connectivity index (χ4v) is 3.70. The van der Waals surface area contributed by atoms with Crippen molar-refractivity contribution in [1.82, 2.24) is 10.2 Å². The quantitative estimate of drug-likeness (QED) is 0.714. The zero-order valence-corrected chi connectivity index (χ0v) is 15.1. The predicted octanol–water partition coefficient (Wildman–Crippen LogP) is 4.64. The number of hydrogen-bond donors (Lipinski definition) is 1. The minimum absolute atomic E-state index is 0.361. The van der Waals surface area contributed by atoms with Crippen molar-refractivity contribution in [3.05, 3.63) is 21.3 Å². The summed E-state index contributed by atoms with van der Waals surface area (Å²) in [7, 11) is 2.21. The van der Waals surface area contributed by atoms with Crippen molar-refractivity contribution < 1.29 is 0 Å². The summed E-state index contributed by atoms with van der Waals surface area (Å²) < 4.78 is 0.882. The van der Waals surface area contributed by atoms with Crippen LogP contribution >= 0.6 is 22.9 Å². The molecule has 2 nitrogen and oxygen atoms in total. The van der Waals surface area contributed by atoms with Crippen LogP contribution in [0.5, 0.6) is 0 Å². The zero-order chi connectivity index (χ0) is 15.2. The molecule has 0 saturated carbocycles. The van der Waals surface area contributed by atoms with Gasteiger partial charge in [-0.15, -0.1) is 11.3 Å². The first kappa shape index (κ1) is 18.0. The molecule has 0 spiro atoms. The summed E-state index contributed by atoms with van der Waals surface area (Å²) in [6.45, 7) is 12.2. The Kier molecular flexibility index (Phi) is 7.52. The van der Waals surface area contributed by atoms with E-state index in [-0.39, 0.29) is 0 Å². The molecule has 0 aliphatic heterocycles. The van der Waals surface area contributed by atoms with Gasteiger partial charge in [-0.2, -0.15) is 0 Å². The second kappa shape index (κ2) is 8.38. The Balaban J connectivity index is 2.59. The van der Waals surface area contributed by atoms with Crippen molar-refractivity contribution in [2.24, 2.45) is 5.41 Å². The lowest BCUT2D eigenvalue weighted by molar-refractivity contribution is 0.148. The smallest absolute Gasteiger partial charge is 0.0931 e. The molecule has 116 valence electrons. The molecular weight excluding hydrogens is 288 g/mol. The topological polar surface area (TPSA) is 15.3 Å². The number of thiophene rings is 1. The van der Waals surface area contributed by atoms with Gasteiger partial charge < -0.3 is 10.2 Å². The number of nitrogens with one attached hydrogen (secondary N) is 1. The van der Waals surface area contributed by atoms with Crippen LogP contribution in [-0.4, -0.2) is 31.1 Å². The molecule has 4 heteroatoms. The maximum absolute atomic E-state index is 6.01. The lowest BCUT2D eigenvalue weighted by atomic mass is 9.81. The number of hydrogen-bond acceptors (Lipinski definition) is 3. The molecule has 1 aromatic rings. The standard InChI is InChI=1S/C16H29ClN2S/c1-6-16(7-2,11-18-13(3)4)12-19(5)10-14-8-9-15(17)20-14/h8-9,13,18H,6-7,10-12H2,1-5H3. The molecule has 0 unspecified atom stereocenters. The van der Waals surface area contributed by atoms with Gasteiger partial charge in [0, 0.05) is 30.6 Å². The van der Waals surface area contributed by atoms with E-state index in [9.17, 15) is 0 Å². The Hall–Kier alpha value is -0.0900. The van der Waals surface area contributed by atoms with Gasteiger partial charge in [-0.3, -0.25) is 0 Å². The maximum atomic E-state index is 6.01. The van der Waals surface area contributed by atoms with Crippen LogP contribution in [0.3, 0.4) is 0 Å². The SMILES string of the molecule is CCC(CC)(CNC(C)C)CN(C)Cc1ccc(Cl)s1. The Morgan fingerprint density at radius 1 is 1.30 bits per heavy atom. The normalized spacial score (nSPS) is 12.6. The highest BCUT2D eigenvalue weighted by Crippen LogP contribution is 2.28. The molecule has 1 aromatic heterocycles. The van der Waals surface area contributed by atoms with Crippen LogP contribution in [0.2, 0.25) is 4.34 Å². The minimum Gasteiger partial charge on any atom is -0.314 e. The Labute approximate surface area is 133 Å². The van der Waals surface area contributed by atoms with Crippen molar-refractivity contribution in [3.8, 4) is 0 Å². The van der Waals surface area contributed by atoms with Crippen LogP contribution < -0.4 is 5.32 Å². The van der Waals surface area contributed by atoms with Crippen LogP contribution in [0.1, 0.15) is 45.4 Å². The van der Waals surface area contributed by atoms with Crippen LogP contribution in [0.15, 0.2) is 12.1 Å². The highest BCUT2D eigenvalue weighted by atomic mass is 35.5. The van der Waals surface area contributed by atoms with Gasteiger partial charge in [0.25, 0.3) is 0 Å². The van der Waals surface area contributed by atoms with Crippen LogP contribution in [0.4, 0.5) is 0 Å². The summed E-state index contributed by atoms with van der Waals surface area (Å²) in [6, 6.07) is 4.67. The Morgan fingerprint density at radius 3 is 2.40 bits per heavy atom. The van der Waals surface area contributed by atoms with Crippen molar-refractivity contribution in [3.63, 3.8) is 0 Å². The van der Waals surface area contributed by atoms with E-state index in [1.54, 1.807) is 11.3 Å². The van der Waals surface area contributed by atoms with Crippen molar-refractivity contribution in [2.75, 3.05) is 20.1 Å². The average Bonchev–Trinajstić information content (AvgIpc) is 2.79. The van der Waals surface area contributed by atoms with Crippen LogP contribution in [0, 0.1) is 5.41 Å². The summed E-state index contributed by atoms with van der Waals surface area (Å²) in [4.78, 5) is 3.77. The third-order valence-corrected chi connectivity index (χ3v) is 5.26. The van der Waals surface area contributed by atoms with E-state index in [1.165, 1.54) is 17.7 Å². The second-order valence-electron chi connectivity index (χ2n) is 6.12. The van der Waals surface area contributed by atoms with Gasteiger partial charge in [0.2, 0.25) is 0 Å². The molecule has 1 rings (SSSR count). The zero-order valence-electron chi connectivity index (χ0n) is 13.5. The van der Waals surface area contributed by atoms with Gasteiger partial charge in [-0.1, -0.05) is 39.3 Å². The van der Waals surface area contributed by atoms with Crippen molar-refractivity contribution >= 4 is 22.9 Å². The molecular formula is C16H29ClN2S. The summed E-state index contributed by atoms with van der Waals surface area (Å²) in [6.07, 6.45) is 2.41. The van der Waals surface area contributed by atoms with E-state index >= 15 is 0 Å². The lowest BCUT2D eigenvalue weighted by Gasteiger charge is -2.36. The lowest BCUT2D eigenvalue weighted by Crippen LogP contribution is -2.43. The molecule has 0 radical (unpaired) electrons. The summed E-state index contributed by atoms with van der Waals surface area (Å²) >= 11 is 7.69. The first-order chi connectivity index (χ1) is 9.40. The first-order valence-corrected chi connectivity index (χ1v) is 8.76. The Bertz CT molecular complexity index is 386. The average molecular weight is 317 g/mol. The van der Waals surface area contributed by atoms with Gasteiger partial charge in [-0.25, -0.2) is 0 Å². The molecule has 0 atom stereocenters. The summed E-state index contributed by atoms with van der Waals surface area (Å²) in [5, 5.41) is 3.62. The minimum atomic E-state index is 0.361. The molecule has 0 amide bonds. The largest absolute Gasteiger partial charge is 0.314 e. The highest BCUT2D eigenvalue weighted by Gasteiger charge is 2.27. The second-order valence-corrected chi connectivity index (χ2v) is 7.92. The number of halogens is 1. The molecule has 20 heavy (non-hydrogen) atoms. The summed E-state index contributed by atoms with van der Waals surface area (Å²) in [5.41, 5.74) is 0.361. The van der Waals surface area contributed by atoms with Gasteiger partial charge >= 0.3 is 0 Å². The van der Waals surface area contributed by atoms with Crippen molar-refractivity contribution in [1.29, 1.82) is 0 Å². The van der Waals surface area contributed by atoms with E-state index in [0.717, 1.165) is 24.0 Å². The van der Waals surface area contributed by atoms with Gasteiger partial charge in [0.1, 0.15) is 0 Å². The molecule has 0 aliphatic rings. The fraction of sp³-hybridized carbons (Fsp3) is 0.750. The van der Waals surface area contributed by atoms with Crippen LogP contribution in [-0.2, 0) is 6.54 Å². The monoisotopic (exact) mass is 316 g/mol. The molecule has 0 aliphatic carbocycles. The van der Waals surface area contributed by atoms with E-state index in [4.69, 9.17) is 11.6 Å². The molecule has 1 N–H and O–H groups in total. The fourth-order valence-electron chi connectivity index (χ4n) is 2.53.